The minimum absolute atomic E-state index is 0.0755. The Morgan fingerprint density at radius 2 is 1.77 bits per heavy atom. The molecule has 156 valence electrons. The van der Waals surface area contributed by atoms with Crippen LogP contribution in [-0.2, 0) is 15.8 Å². The van der Waals surface area contributed by atoms with Crippen LogP contribution < -0.4 is 0 Å². The van der Waals surface area contributed by atoms with Gasteiger partial charge in [0.05, 0.1) is 16.2 Å². The number of non-ortho nitro benzene ring substituents is 1. The maximum atomic E-state index is 13.0. The Bertz CT molecular complexity index is 1200. The summed E-state index contributed by atoms with van der Waals surface area (Å²) in [7, 11) is -3.47. The summed E-state index contributed by atoms with van der Waals surface area (Å²) in [4.78, 5) is 28.1. The number of carbonyl (C=O) groups excluding carboxylic acids is 1. The third-order valence-electron chi connectivity index (χ3n) is 5.22. The van der Waals surface area contributed by atoms with Gasteiger partial charge in [-0.2, -0.15) is 4.31 Å². The highest BCUT2D eigenvalue weighted by molar-refractivity contribution is 7.88. The summed E-state index contributed by atoms with van der Waals surface area (Å²) in [5.41, 5.74) is 1.60. The van der Waals surface area contributed by atoms with Crippen molar-refractivity contribution in [2.75, 3.05) is 26.2 Å². The second-order valence-corrected chi connectivity index (χ2v) is 9.09. The topological polar surface area (TPSA) is 117 Å². The zero-order valence-corrected chi connectivity index (χ0v) is 16.8. The second kappa shape index (κ2) is 7.88. The van der Waals surface area contributed by atoms with E-state index in [1.54, 1.807) is 35.2 Å². The van der Waals surface area contributed by atoms with Gasteiger partial charge in [-0.15, -0.1) is 0 Å². The molecule has 3 aromatic rings. The first-order chi connectivity index (χ1) is 14.3. The van der Waals surface area contributed by atoms with Crippen molar-refractivity contribution in [3.8, 4) is 0 Å². The number of fused-ring (bicyclic) bond motifs is 1. The predicted octanol–water partition coefficient (Wildman–Crippen LogP) is 2.36. The van der Waals surface area contributed by atoms with Crippen molar-refractivity contribution in [1.82, 2.24) is 14.2 Å². The predicted molar refractivity (Wildman–Crippen MR) is 111 cm³/mol. The van der Waals surface area contributed by atoms with Crippen molar-refractivity contribution in [3.05, 3.63) is 76.0 Å². The first kappa shape index (κ1) is 20.0. The molecule has 9 nitrogen and oxygen atoms in total. The Morgan fingerprint density at radius 3 is 2.43 bits per heavy atom. The van der Waals surface area contributed by atoms with E-state index in [1.165, 1.54) is 22.6 Å². The Kier molecular flexibility index (Phi) is 5.27. The van der Waals surface area contributed by atoms with Crippen molar-refractivity contribution in [3.63, 3.8) is 0 Å². The number of nitro benzene ring substituents is 1. The third-order valence-corrected chi connectivity index (χ3v) is 7.07. The van der Waals surface area contributed by atoms with Crippen LogP contribution in [0.4, 0.5) is 5.69 Å². The van der Waals surface area contributed by atoms with Gasteiger partial charge >= 0.3 is 0 Å². The molecule has 0 radical (unpaired) electrons. The zero-order valence-electron chi connectivity index (χ0n) is 16.0. The molecule has 0 unspecified atom stereocenters. The SMILES string of the molecule is O=C(c1c[nH]c2ccc([N+](=O)[O-])cc12)N1CCN(S(=O)(=O)Cc2ccccc2)CC1. The number of nitro groups is 1. The molecule has 0 bridgehead atoms. The number of benzene rings is 2. The average molecular weight is 428 g/mol. The number of sulfonamides is 1. The van der Waals surface area contributed by atoms with Crippen LogP contribution in [0.3, 0.4) is 0 Å². The van der Waals surface area contributed by atoms with E-state index in [4.69, 9.17) is 0 Å². The fraction of sp³-hybridized carbons (Fsp3) is 0.250. The number of nitrogens with one attached hydrogen (secondary N) is 1. The van der Waals surface area contributed by atoms with Gasteiger partial charge in [0, 0.05) is 55.4 Å². The number of hydrogen-bond acceptors (Lipinski definition) is 5. The Hall–Kier alpha value is -3.24. The lowest BCUT2D eigenvalue weighted by Crippen LogP contribution is -2.50. The van der Waals surface area contributed by atoms with Crippen LogP contribution in [0.2, 0.25) is 0 Å². The number of piperazine rings is 1. The number of aromatic nitrogens is 1. The molecule has 10 heteroatoms. The van der Waals surface area contributed by atoms with Gasteiger partial charge in [-0.25, -0.2) is 8.42 Å². The van der Waals surface area contributed by atoms with E-state index in [-0.39, 0.29) is 43.5 Å². The van der Waals surface area contributed by atoms with Crippen molar-refractivity contribution < 1.29 is 18.1 Å². The van der Waals surface area contributed by atoms with Crippen LogP contribution in [0, 0.1) is 10.1 Å². The smallest absolute Gasteiger partial charge is 0.270 e. The van der Waals surface area contributed by atoms with Gasteiger partial charge in [0.2, 0.25) is 10.0 Å². The van der Waals surface area contributed by atoms with E-state index in [0.717, 1.165) is 5.56 Å². The van der Waals surface area contributed by atoms with Crippen molar-refractivity contribution in [2.45, 2.75) is 5.75 Å². The van der Waals surface area contributed by atoms with Gasteiger partial charge in [0.1, 0.15) is 0 Å². The van der Waals surface area contributed by atoms with E-state index in [0.29, 0.717) is 16.5 Å². The molecule has 2 aromatic carbocycles. The molecule has 0 aliphatic carbocycles. The Labute approximate surface area is 173 Å². The number of rotatable bonds is 5. The monoisotopic (exact) mass is 428 g/mol. The molecule has 0 atom stereocenters. The lowest BCUT2D eigenvalue weighted by atomic mass is 10.1. The quantitative estimate of drug-likeness (QED) is 0.495. The van der Waals surface area contributed by atoms with Crippen LogP contribution in [0.1, 0.15) is 15.9 Å². The van der Waals surface area contributed by atoms with E-state index in [2.05, 4.69) is 4.98 Å². The molecule has 1 aliphatic rings. The number of hydrogen-bond donors (Lipinski definition) is 1. The standard InChI is InChI=1S/C20H20N4O5S/c25-20(18-13-21-19-7-6-16(24(26)27)12-17(18)19)22-8-10-23(11-9-22)30(28,29)14-15-4-2-1-3-5-15/h1-7,12-13,21H,8-11,14H2. The van der Waals surface area contributed by atoms with Crippen LogP contribution in [-0.4, -0.2) is 59.6 Å². The summed E-state index contributed by atoms with van der Waals surface area (Å²) in [6.45, 7) is 0.940. The lowest BCUT2D eigenvalue weighted by Gasteiger charge is -2.34. The molecule has 1 saturated heterocycles. The van der Waals surface area contributed by atoms with Gasteiger partial charge in [-0.1, -0.05) is 30.3 Å². The van der Waals surface area contributed by atoms with E-state index < -0.39 is 14.9 Å². The third kappa shape index (κ3) is 3.91. The molecule has 1 fully saturated rings. The van der Waals surface area contributed by atoms with Gasteiger partial charge in [0.25, 0.3) is 11.6 Å². The normalized spacial score (nSPS) is 15.4. The van der Waals surface area contributed by atoms with Gasteiger partial charge in [0.15, 0.2) is 0 Å². The minimum Gasteiger partial charge on any atom is -0.360 e. The van der Waals surface area contributed by atoms with Crippen LogP contribution >= 0.6 is 0 Å². The Balaban J connectivity index is 1.46. The first-order valence-electron chi connectivity index (χ1n) is 9.42. The highest BCUT2D eigenvalue weighted by Gasteiger charge is 2.30. The molecule has 1 aliphatic heterocycles. The highest BCUT2D eigenvalue weighted by atomic mass is 32.2. The van der Waals surface area contributed by atoms with Gasteiger partial charge in [-0.3, -0.25) is 14.9 Å². The number of aromatic amines is 1. The molecule has 4 rings (SSSR count). The summed E-state index contributed by atoms with van der Waals surface area (Å²) >= 11 is 0. The summed E-state index contributed by atoms with van der Waals surface area (Å²) < 4.78 is 26.8. The first-order valence-corrected chi connectivity index (χ1v) is 11.0. The average Bonchev–Trinajstić information content (AvgIpc) is 3.17. The van der Waals surface area contributed by atoms with Crippen molar-refractivity contribution in [1.29, 1.82) is 0 Å². The van der Waals surface area contributed by atoms with Gasteiger partial charge in [-0.05, 0) is 11.6 Å². The fourth-order valence-corrected chi connectivity index (χ4v) is 5.13. The molecule has 1 N–H and O–H groups in total. The van der Waals surface area contributed by atoms with Crippen LogP contribution in [0.5, 0.6) is 0 Å². The van der Waals surface area contributed by atoms with Crippen molar-refractivity contribution in [2.24, 2.45) is 0 Å². The second-order valence-electron chi connectivity index (χ2n) is 7.12. The summed E-state index contributed by atoms with van der Waals surface area (Å²) in [6.07, 6.45) is 1.54. The number of carbonyl (C=O) groups is 1. The largest absolute Gasteiger partial charge is 0.360 e. The maximum Gasteiger partial charge on any atom is 0.270 e. The van der Waals surface area contributed by atoms with E-state index in [1.807, 2.05) is 6.07 Å². The molecule has 0 saturated carbocycles. The van der Waals surface area contributed by atoms with Crippen LogP contribution in [0.25, 0.3) is 10.9 Å². The summed E-state index contributed by atoms with van der Waals surface area (Å²) in [5, 5.41) is 11.5. The number of H-pyrrole nitrogens is 1. The highest BCUT2D eigenvalue weighted by Crippen LogP contribution is 2.25. The van der Waals surface area contributed by atoms with E-state index >= 15 is 0 Å². The molecule has 0 spiro atoms. The number of nitrogens with zero attached hydrogens (tertiary/aromatic N) is 3. The van der Waals surface area contributed by atoms with Gasteiger partial charge < -0.3 is 9.88 Å². The molecular weight excluding hydrogens is 408 g/mol. The van der Waals surface area contributed by atoms with E-state index in [9.17, 15) is 23.3 Å². The van der Waals surface area contributed by atoms with Crippen molar-refractivity contribution >= 4 is 32.5 Å². The molecule has 1 amide bonds. The molecule has 30 heavy (non-hydrogen) atoms. The summed E-state index contributed by atoms with van der Waals surface area (Å²) in [6, 6.07) is 13.3. The number of amides is 1. The Morgan fingerprint density at radius 1 is 1.07 bits per heavy atom. The summed E-state index contributed by atoms with van der Waals surface area (Å²) in [5.74, 6) is -0.352. The van der Waals surface area contributed by atoms with Crippen LogP contribution in [0.15, 0.2) is 54.7 Å². The maximum absolute atomic E-state index is 13.0. The zero-order chi connectivity index (χ0) is 21.3. The lowest BCUT2D eigenvalue weighted by molar-refractivity contribution is -0.384. The molecule has 1 aromatic heterocycles. The molecular formula is C20H20N4O5S. The molecule has 2 heterocycles. The minimum atomic E-state index is -3.47. The fourth-order valence-electron chi connectivity index (χ4n) is 3.61.